The molecule has 6 nitrogen and oxygen atoms in total. The monoisotopic (exact) mass is 237 g/mol. The average molecular weight is 237 g/mol. The second-order valence-corrected chi connectivity index (χ2v) is 4.63. The van der Waals surface area contributed by atoms with E-state index in [-0.39, 0.29) is 17.5 Å². The number of rotatable bonds is 4. The highest BCUT2D eigenvalue weighted by molar-refractivity contribution is 5.35. The highest BCUT2D eigenvalue weighted by Gasteiger charge is 2.29. The first kappa shape index (κ1) is 11.9. The zero-order chi connectivity index (χ0) is 12.3. The molecule has 1 aromatic rings. The van der Waals surface area contributed by atoms with Crippen molar-refractivity contribution in [3.05, 3.63) is 0 Å². The summed E-state index contributed by atoms with van der Waals surface area (Å²) in [6.45, 7) is 4.58. The number of anilines is 2. The Hall–Kier alpha value is -1.59. The maximum atomic E-state index is 5.62. The fourth-order valence-electron chi connectivity index (χ4n) is 2.17. The largest absolute Gasteiger partial charge is 0.464 e. The Balaban J connectivity index is 2.14. The molecule has 6 heteroatoms. The molecule has 0 aliphatic heterocycles. The van der Waals surface area contributed by atoms with Crippen molar-refractivity contribution in [3.8, 4) is 6.01 Å². The van der Waals surface area contributed by atoms with Gasteiger partial charge in [0.15, 0.2) is 0 Å². The summed E-state index contributed by atoms with van der Waals surface area (Å²) >= 11 is 0. The predicted octanol–water partition coefficient (Wildman–Crippen LogP) is 1.60. The lowest BCUT2D eigenvalue weighted by molar-refractivity contribution is 0.312. The zero-order valence-electron chi connectivity index (χ0n) is 10.4. The van der Waals surface area contributed by atoms with Crippen LogP contribution in [0, 0.1) is 0 Å². The summed E-state index contributed by atoms with van der Waals surface area (Å²) in [6.07, 6.45) is 4.73. The van der Waals surface area contributed by atoms with Crippen LogP contribution in [0.1, 0.15) is 39.5 Å². The number of hydrogen-bond donors (Lipinski definition) is 2. The highest BCUT2D eigenvalue weighted by Crippen LogP contribution is 2.31. The van der Waals surface area contributed by atoms with Crippen LogP contribution in [0.15, 0.2) is 0 Å². The van der Waals surface area contributed by atoms with Gasteiger partial charge in [0.05, 0.1) is 6.61 Å². The SMILES string of the molecule is CCOc1nc(N)nc(NC2(C)CCCC2)n1. The second kappa shape index (κ2) is 4.73. The molecule has 3 N–H and O–H groups in total. The van der Waals surface area contributed by atoms with E-state index in [4.69, 9.17) is 10.5 Å². The van der Waals surface area contributed by atoms with Crippen LogP contribution in [-0.4, -0.2) is 27.1 Å². The molecule has 0 saturated heterocycles. The van der Waals surface area contributed by atoms with Crippen LogP contribution in [0.3, 0.4) is 0 Å². The molecule has 94 valence electrons. The predicted molar refractivity (Wildman–Crippen MR) is 65.9 cm³/mol. The molecule has 1 saturated carbocycles. The van der Waals surface area contributed by atoms with Gasteiger partial charge in [-0.1, -0.05) is 12.8 Å². The van der Waals surface area contributed by atoms with Crippen LogP contribution in [0.25, 0.3) is 0 Å². The van der Waals surface area contributed by atoms with Gasteiger partial charge >= 0.3 is 6.01 Å². The maximum Gasteiger partial charge on any atom is 0.323 e. The number of nitrogens with two attached hydrogens (primary N) is 1. The molecule has 1 aromatic heterocycles. The summed E-state index contributed by atoms with van der Waals surface area (Å²) in [6, 6.07) is 0.282. The van der Waals surface area contributed by atoms with E-state index in [9.17, 15) is 0 Å². The first-order valence-corrected chi connectivity index (χ1v) is 6.04. The van der Waals surface area contributed by atoms with E-state index in [1.165, 1.54) is 12.8 Å². The third kappa shape index (κ3) is 2.95. The molecule has 0 bridgehead atoms. The summed E-state index contributed by atoms with van der Waals surface area (Å²) in [7, 11) is 0. The van der Waals surface area contributed by atoms with Crippen LogP contribution in [0.2, 0.25) is 0 Å². The van der Waals surface area contributed by atoms with E-state index in [0.717, 1.165) is 12.8 Å². The van der Waals surface area contributed by atoms with Crippen molar-refractivity contribution >= 4 is 11.9 Å². The van der Waals surface area contributed by atoms with Gasteiger partial charge in [0.25, 0.3) is 0 Å². The van der Waals surface area contributed by atoms with Gasteiger partial charge in [-0.25, -0.2) is 0 Å². The molecule has 1 heterocycles. The van der Waals surface area contributed by atoms with E-state index < -0.39 is 0 Å². The summed E-state index contributed by atoms with van der Waals surface area (Å²) < 4.78 is 5.24. The third-order valence-electron chi connectivity index (χ3n) is 3.03. The van der Waals surface area contributed by atoms with Crippen molar-refractivity contribution < 1.29 is 4.74 Å². The van der Waals surface area contributed by atoms with Gasteiger partial charge in [-0.3, -0.25) is 0 Å². The molecule has 0 atom stereocenters. The van der Waals surface area contributed by atoms with Crippen molar-refractivity contribution in [2.45, 2.75) is 45.1 Å². The maximum absolute atomic E-state index is 5.62. The van der Waals surface area contributed by atoms with Gasteiger partial charge in [-0.15, -0.1) is 0 Å². The zero-order valence-corrected chi connectivity index (χ0v) is 10.4. The molecule has 0 aromatic carbocycles. The average Bonchev–Trinajstić information content (AvgIpc) is 2.64. The van der Waals surface area contributed by atoms with Gasteiger partial charge in [0, 0.05) is 5.54 Å². The lowest BCUT2D eigenvalue weighted by atomic mass is 10.0. The molecule has 0 amide bonds. The van der Waals surface area contributed by atoms with Gasteiger partial charge in [0.2, 0.25) is 11.9 Å². The normalized spacial score (nSPS) is 18.0. The van der Waals surface area contributed by atoms with Crippen molar-refractivity contribution in [2.24, 2.45) is 0 Å². The Kier molecular flexibility index (Phi) is 3.31. The molecule has 0 spiro atoms. The third-order valence-corrected chi connectivity index (χ3v) is 3.03. The van der Waals surface area contributed by atoms with Crippen LogP contribution < -0.4 is 15.8 Å². The number of nitrogens with zero attached hydrogens (tertiary/aromatic N) is 3. The highest BCUT2D eigenvalue weighted by atomic mass is 16.5. The minimum absolute atomic E-state index is 0.0667. The lowest BCUT2D eigenvalue weighted by Gasteiger charge is -2.25. The van der Waals surface area contributed by atoms with Crippen LogP contribution >= 0.6 is 0 Å². The molecule has 0 radical (unpaired) electrons. The number of nitrogens with one attached hydrogen (secondary N) is 1. The fourth-order valence-corrected chi connectivity index (χ4v) is 2.17. The molecule has 1 aliphatic carbocycles. The smallest absolute Gasteiger partial charge is 0.323 e. The Bertz CT molecular complexity index is 389. The Labute approximate surface area is 101 Å². The number of hydrogen-bond acceptors (Lipinski definition) is 6. The summed E-state index contributed by atoms with van der Waals surface area (Å²) in [5.41, 5.74) is 5.69. The molecular formula is C11H19N5O. The standard InChI is InChI=1S/C11H19N5O/c1-3-17-10-14-8(12)13-9(15-10)16-11(2)6-4-5-7-11/h3-7H2,1-2H3,(H3,12,13,14,15,16). The van der Waals surface area contributed by atoms with Crippen LogP contribution in [0.4, 0.5) is 11.9 Å². The molecule has 1 fully saturated rings. The summed E-state index contributed by atoms with van der Waals surface area (Å²) in [5.74, 6) is 0.692. The van der Waals surface area contributed by atoms with E-state index in [2.05, 4.69) is 27.2 Å². The minimum Gasteiger partial charge on any atom is -0.464 e. The fraction of sp³-hybridized carbons (Fsp3) is 0.727. The topological polar surface area (TPSA) is 86.0 Å². The minimum atomic E-state index is 0.0667. The number of ether oxygens (including phenoxy) is 1. The van der Waals surface area contributed by atoms with E-state index in [0.29, 0.717) is 12.6 Å². The quantitative estimate of drug-likeness (QED) is 0.827. The van der Waals surface area contributed by atoms with Crippen LogP contribution in [-0.2, 0) is 0 Å². The van der Waals surface area contributed by atoms with Crippen molar-refractivity contribution in [2.75, 3.05) is 17.7 Å². The molecule has 1 aliphatic rings. The first-order valence-electron chi connectivity index (χ1n) is 6.04. The van der Waals surface area contributed by atoms with Gasteiger partial charge < -0.3 is 15.8 Å². The van der Waals surface area contributed by atoms with Crippen molar-refractivity contribution in [3.63, 3.8) is 0 Å². The van der Waals surface area contributed by atoms with Crippen molar-refractivity contribution in [1.82, 2.24) is 15.0 Å². The summed E-state index contributed by atoms with van der Waals surface area (Å²) in [4.78, 5) is 12.2. The number of nitrogen functional groups attached to an aromatic ring is 1. The Morgan fingerprint density at radius 1 is 1.29 bits per heavy atom. The van der Waals surface area contributed by atoms with E-state index >= 15 is 0 Å². The van der Waals surface area contributed by atoms with Gasteiger partial charge in [-0.05, 0) is 26.7 Å². The lowest BCUT2D eigenvalue weighted by Crippen LogP contribution is -2.32. The van der Waals surface area contributed by atoms with Gasteiger partial charge in [-0.2, -0.15) is 15.0 Å². The molecule has 2 rings (SSSR count). The Morgan fingerprint density at radius 2 is 2.00 bits per heavy atom. The van der Waals surface area contributed by atoms with Crippen LogP contribution in [0.5, 0.6) is 6.01 Å². The summed E-state index contributed by atoms with van der Waals surface area (Å²) in [5, 5.41) is 3.33. The molecule has 0 unspecified atom stereocenters. The Morgan fingerprint density at radius 3 is 2.65 bits per heavy atom. The molecular weight excluding hydrogens is 218 g/mol. The van der Waals surface area contributed by atoms with Crippen molar-refractivity contribution in [1.29, 1.82) is 0 Å². The number of aromatic nitrogens is 3. The second-order valence-electron chi connectivity index (χ2n) is 4.63. The van der Waals surface area contributed by atoms with E-state index in [1.54, 1.807) is 0 Å². The first-order chi connectivity index (χ1) is 8.11. The molecule has 17 heavy (non-hydrogen) atoms. The van der Waals surface area contributed by atoms with Gasteiger partial charge in [0.1, 0.15) is 0 Å². The van der Waals surface area contributed by atoms with E-state index in [1.807, 2.05) is 6.92 Å².